The van der Waals surface area contributed by atoms with Crippen molar-refractivity contribution in [3.8, 4) is 0 Å². The molecule has 6 heteroatoms. The van der Waals surface area contributed by atoms with Crippen LogP contribution in [0.3, 0.4) is 0 Å². The number of aryl methyl sites for hydroxylation is 2. The number of hydrogen-bond acceptors (Lipinski definition) is 5. The molecule has 126 valence electrons. The number of aromatic nitrogens is 4. The maximum Gasteiger partial charge on any atom is 0.208 e. The first kappa shape index (κ1) is 16.2. The molecule has 3 rings (SSSR count). The third-order valence-electron chi connectivity index (χ3n) is 4.48. The molecule has 0 aromatic carbocycles. The maximum atomic E-state index is 5.95. The van der Waals surface area contributed by atoms with Gasteiger partial charge >= 0.3 is 0 Å². The van der Waals surface area contributed by atoms with E-state index in [-0.39, 0.29) is 5.41 Å². The third kappa shape index (κ3) is 3.63. The summed E-state index contributed by atoms with van der Waals surface area (Å²) in [6.45, 7) is 13.1. The SMILES string of the molecule is Cc1nc(C)n(C[C@@H]2CCCN2Cc2ncc(C(C)(C)C)o2)n1. The fraction of sp³-hybridized carbons (Fsp3) is 0.706. The zero-order chi connectivity index (χ0) is 16.6. The number of hydrogen-bond donors (Lipinski definition) is 0. The van der Waals surface area contributed by atoms with Gasteiger partial charge in [-0.15, -0.1) is 0 Å². The molecule has 0 bridgehead atoms. The highest BCUT2D eigenvalue weighted by Gasteiger charge is 2.28. The number of rotatable bonds is 4. The van der Waals surface area contributed by atoms with Crippen LogP contribution in [0, 0.1) is 13.8 Å². The van der Waals surface area contributed by atoms with Gasteiger partial charge in [-0.1, -0.05) is 20.8 Å². The van der Waals surface area contributed by atoms with Gasteiger partial charge in [0.15, 0.2) is 0 Å². The molecule has 0 unspecified atom stereocenters. The van der Waals surface area contributed by atoms with Crippen LogP contribution in [0.2, 0.25) is 0 Å². The minimum absolute atomic E-state index is 0.00499. The molecule has 0 aliphatic carbocycles. The van der Waals surface area contributed by atoms with Crippen molar-refractivity contribution in [3.05, 3.63) is 29.5 Å². The molecule has 0 radical (unpaired) electrons. The first-order chi connectivity index (χ1) is 10.8. The molecular weight excluding hydrogens is 290 g/mol. The lowest BCUT2D eigenvalue weighted by atomic mass is 9.94. The van der Waals surface area contributed by atoms with Crippen LogP contribution in [0.4, 0.5) is 0 Å². The quantitative estimate of drug-likeness (QED) is 0.868. The average Bonchev–Trinajstić information content (AvgIpc) is 3.13. The van der Waals surface area contributed by atoms with Crippen molar-refractivity contribution in [1.29, 1.82) is 0 Å². The van der Waals surface area contributed by atoms with Gasteiger partial charge in [0.25, 0.3) is 0 Å². The normalized spacial score (nSPS) is 19.6. The molecule has 0 saturated carbocycles. The molecule has 0 amide bonds. The van der Waals surface area contributed by atoms with Crippen molar-refractivity contribution in [2.75, 3.05) is 6.54 Å². The van der Waals surface area contributed by atoms with Gasteiger partial charge < -0.3 is 4.42 Å². The Bertz CT molecular complexity index is 667. The van der Waals surface area contributed by atoms with Crippen LogP contribution < -0.4 is 0 Å². The lowest BCUT2D eigenvalue weighted by Crippen LogP contribution is -2.33. The Hall–Kier alpha value is -1.69. The maximum absolute atomic E-state index is 5.95. The number of oxazole rings is 1. The summed E-state index contributed by atoms with van der Waals surface area (Å²) in [6, 6.07) is 0.472. The third-order valence-corrected chi connectivity index (χ3v) is 4.48. The van der Waals surface area contributed by atoms with E-state index in [4.69, 9.17) is 4.42 Å². The molecule has 1 aliphatic rings. The Kier molecular flexibility index (Phi) is 4.27. The fourth-order valence-corrected chi connectivity index (χ4v) is 3.15. The van der Waals surface area contributed by atoms with E-state index in [1.165, 1.54) is 12.8 Å². The first-order valence-electron chi connectivity index (χ1n) is 8.40. The molecule has 1 fully saturated rings. The monoisotopic (exact) mass is 317 g/mol. The molecule has 2 aromatic heterocycles. The Labute approximate surface area is 137 Å². The molecule has 1 saturated heterocycles. The van der Waals surface area contributed by atoms with Crippen LogP contribution in [0.1, 0.15) is 56.9 Å². The topological polar surface area (TPSA) is 60.0 Å². The van der Waals surface area contributed by atoms with Gasteiger partial charge in [0.2, 0.25) is 5.89 Å². The lowest BCUT2D eigenvalue weighted by Gasteiger charge is -2.23. The van der Waals surface area contributed by atoms with Gasteiger partial charge in [-0.05, 0) is 33.2 Å². The minimum Gasteiger partial charge on any atom is -0.444 e. The average molecular weight is 317 g/mol. The summed E-state index contributed by atoms with van der Waals surface area (Å²) >= 11 is 0. The molecule has 6 nitrogen and oxygen atoms in total. The second-order valence-corrected chi connectivity index (χ2v) is 7.52. The van der Waals surface area contributed by atoms with Crippen LogP contribution >= 0.6 is 0 Å². The van der Waals surface area contributed by atoms with Crippen molar-refractivity contribution < 1.29 is 4.42 Å². The standard InChI is InChI=1S/C17H27N5O/c1-12-19-13(2)22(20-12)10-14-7-6-8-21(14)11-16-18-9-15(23-16)17(3,4)5/h9,14H,6-8,10-11H2,1-5H3/t14-/m0/s1. The van der Waals surface area contributed by atoms with E-state index in [2.05, 4.69) is 40.7 Å². The Morgan fingerprint density at radius 2 is 2.09 bits per heavy atom. The fourth-order valence-electron chi connectivity index (χ4n) is 3.15. The minimum atomic E-state index is 0.00499. The molecule has 2 aromatic rings. The second kappa shape index (κ2) is 6.07. The second-order valence-electron chi connectivity index (χ2n) is 7.52. The predicted molar refractivity (Wildman–Crippen MR) is 88.1 cm³/mol. The highest BCUT2D eigenvalue weighted by atomic mass is 16.4. The summed E-state index contributed by atoms with van der Waals surface area (Å²) in [4.78, 5) is 11.3. The molecule has 0 spiro atoms. The Morgan fingerprint density at radius 1 is 1.30 bits per heavy atom. The molecule has 3 heterocycles. The van der Waals surface area contributed by atoms with Crippen molar-refractivity contribution in [2.24, 2.45) is 0 Å². The largest absolute Gasteiger partial charge is 0.444 e. The number of nitrogens with zero attached hydrogens (tertiary/aromatic N) is 5. The summed E-state index contributed by atoms with van der Waals surface area (Å²) < 4.78 is 7.97. The van der Waals surface area contributed by atoms with Gasteiger partial charge in [-0.25, -0.2) is 14.6 Å². The van der Waals surface area contributed by atoms with E-state index in [1.54, 1.807) is 0 Å². The summed E-state index contributed by atoms with van der Waals surface area (Å²) in [5.74, 6) is 3.59. The van der Waals surface area contributed by atoms with Crippen LogP contribution in [0.15, 0.2) is 10.6 Å². The predicted octanol–water partition coefficient (Wildman–Crippen LogP) is 2.85. The van der Waals surface area contributed by atoms with E-state index in [1.807, 2.05) is 24.7 Å². The van der Waals surface area contributed by atoms with E-state index >= 15 is 0 Å². The summed E-state index contributed by atoms with van der Waals surface area (Å²) in [5.41, 5.74) is 0.00499. The van der Waals surface area contributed by atoms with Crippen molar-refractivity contribution >= 4 is 0 Å². The van der Waals surface area contributed by atoms with Crippen molar-refractivity contribution in [3.63, 3.8) is 0 Å². The summed E-state index contributed by atoms with van der Waals surface area (Å²) in [6.07, 6.45) is 4.26. The van der Waals surface area contributed by atoms with E-state index < -0.39 is 0 Å². The highest BCUT2D eigenvalue weighted by molar-refractivity contribution is 5.06. The van der Waals surface area contributed by atoms with E-state index in [0.29, 0.717) is 6.04 Å². The Balaban J connectivity index is 1.67. The van der Waals surface area contributed by atoms with E-state index in [0.717, 1.165) is 42.9 Å². The van der Waals surface area contributed by atoms with Gasteiger partial charge in [0.1, 0.15) is 17.4 Å². The summed E-state index contributed by atoms with van der Waals surface area (Å²) in [5, 5.41) is 4.49. The molecule has 1 aliphatic heterocycles. The zero-order valence-corrected chi connectivity index (χ0v) is 14.8. The van der Waals surface area contributed by atoms with Crippen LogP contribution in [-0.4, -0.2) is 37.2 Å². The van der Waals surface area contributed by atoms with Crippen LogP contribution in [-0.2, 0) is 18.5 Å². The Morgan fingerprint density at radius 3 is 2.70 bits per heavy atom. The van der Waals surface area contributed by atoms with Gasteiger partial charge in [-0.3, -0.25) is 4.90 Å². The van der Waals surface area contributed by atoms with Crippen LogP contribution in [0.25, 0.3) is 0 Å². The molecule has 23 heavy (non-hydrogen) atoms. The van der Waals surface area contributed by atoms with Crippen molar-refractivity contribution in [1.82, 2.24) is 24.6 Å². The van der Waals surface area contributed by atoms with Crippen molar-refractivity contribution in [2.45, 2.75) is 72.0 Å². The van der Waals surface area contributed by atoms with E-state index in [9.17, 15) is 0 Å². The zero-order valence-electron chi connectivity index (χ0n) is 14.8. The van der Waals surface area contributed by atoms with Gasteiger partial charge in [-0.2, -0.15) is 5.10 Å². The molecule has 0 N–H and O–H groups in total. The first-order valence-corrected chi connectivity index (χ1v) is 8.40. The number of likely N-dealkylation sites (tertiary alicyclic amines) is 1. The molecule has 1 atom stereocenters. The smallest absolute Gasteiger partial charge is 0.208 e. The molecular formula is C17H27N5O. The van der Waals surface area contributed by atoms with Gasteiger partial charge in [0.05, 0.1) is 19.3 Å². The van der Waals surface area contributed by atoms with Crippen LogP contribution in [0.5, 0.6) is 0 Å². The summed E-state index contributed by atoms with van der Waals surface area (Å²) in [7, 11) is 0. The highest BCUT2D eigenvalue weighted by Crippen LogP contribution is 2.25. The lowest BCUT2D eigenvalue weighted by molar-refractivity contribution is 0.195. The van der Waals surface area contributed by atoms with Gasteiger partial charge in [0, 0.05) is 11.5 Å².